The molecule has 0 saturated heterocycles. The van der Waals surface area contributed by atoms with Crippen LogP contribution >= 0.6 is 23.6 Å². The molecule has 0 bridgehead atoms. The van der Waals surface area contributed by atoms with Gasteiger partial charge in [0.1, 0.15) is 0 Å². The molecular weight excluding hydrogens is 162 g/mol. The van der Waals surface area contributed by atoms with Gasteiger partial charge in [-0.15, -0.1) is 11.3 Å². The maximum absolute atomic E-state index is 4.46. The molecule has 0 aromatic carbocycles. The van der Waals surface area contributed by atoms with Gasteiger partial charge in [-0.3, -0.25) is 0 Å². The number of hydrogen-bond donors (Lipinski definition) is 0. The molecule has 3 heteroatoms. The van der Waals surface area contributed by atoms with Crippen molar-refractivity contribution in [1.82, 2.24) is 0 Å². The predicted molar refractivity (Wildman–Crippen MR) is 47.8 cm³/mol. The summed E-state index contributed by atoms with van der Waals surface area (Å²) < 4.78 is 0. The maximum Gasteiger partial charge on any atom is 0.0838 e. The van der Waals surface area contributed by atoms with E-state index in [0.29, 0.717) is 6.54 Å². The van der Waals surface area contributed by atoms with E-state index in [2.05, 4.69) is 40.7 Å². The molecular formula is C7H7NS2. The van der Waals surface area contributed by atoms with Crippen molar-refractivity contribution in [3.8, 4) is 0 Å². The summed E-state index contributed by atoms with van der Waals surface area (Å²) in [7, 11) is 0. The Hall–Kier alpha value is -0.500. The van der Waals surface area contributed by atoms with Gasteiger partial charge in [-0.05, 0) is 36.2 Å². The van der Waals surface area contributed by atoms with E-state index in [4.69, 9.17) is 0 Å². The predicted octanol–water partition coefficient (Wildman–Crippen LogP) is 2.66. The number of thiophene rings is 1. The second-order valence-corrected chi connectivity index (χ2v) is 3.12. The lowest BCUT2D eigenvalue weighted by atomic mass is 10.3. The fourth-order valence-electron chi connectivity index (χ4n) is 0.670. The number of thiocarbonyl (C=S) groups is 1. The summed E-state index contributed by atoms with van der Waals surface area (Å²) in [6.07, 6.45) is 0. The molecule has 1 nitrogen and oxygen atoms in total. The van der Waals surface area contributed by atoms with Gasteiger partial charge in [-0.25, -0.2) is 4.99 Å². The van der Waals surface area contributed by atoms with Crippen LogP contribution in [0.3, 0.4) is 0 Å². The fraction of sp³-hybridized carbons (Fsp3) is 0.286. The molecule has 0 spiro atoms. The van der Waals surface area contributed by atoms with Crippen LogP contribution in [0.5, 0.6) is 0 Å². The van der Waals surface area contributed by atoms with E-state index in [0.717, 1.165) is 0 Å². The highest BCUT2D eigenvalue weighted by Gasteiger charge is 1.95. The zero-order valence-corrected chi connectivity index (χ0v) is 7.26. The van der Waals surface area contributed by atoms with Gasteiger partial charge in [0.05, 0.1) is 11.7 Å². The van der Waals surface area contributed by atoms with E-state index in [1.165, 1.54) is 10.4 Å². The summed E-state index contributed by atoms with van der Waals surface area (Å²) in [6.45, 7) is 2.76. The van der Waals surface area contributed by atoms with E-state index in [-0.39, 0.29) is 0 Å². The van der Waals surface area contributed by atoms with Crippen LogP contribution in [0.4, 0.5) is 0 Å². The molecule has 0 fully saturated rings. The minimum absolute atomic E-state index is 0.688. The Labute approximate surface area is 69.4 Å². The molecule has 0 unspecified atom stereocenters. The molecule has 10 heavy (non-hydrogen) atoms. The van der Waals surface area contributed by atoms with Gasteiger partial charge in [0.15, 0.2) is 0 Å². The van der Waals surface area contributed by atoms with E-state index in [9.17, 15) is 0 Å². The molecule has 1 aromatic rings. The summed E-state index contributed by atoms with van der Waals surface area (Å²) in [6, 6.07) is 2.08. The molecule has 52 valence electrons. The molecule has 0 atom stereocenters. The van der Waals surface area contributed by atoms with E-state index < -0.39 is 0 Å². The molecule has 0 aliphatic heterocycles. The van der Waals surface area contributed by atoms with Crippen LogP contribution in [0.2, 0.25) is 0 Å². The van der Waals surface area contributed by atoms with Crippen LogP contribution in [-0.2, 0) is 6.54 Å². The highest BCUT2D eigenvalue weighted by Crippen LogP contribution is 2.15. The van der Waals surface area contributed by atoms with Crippen molar-refractivity contribution < 1.29 is 0 Å². The molecule has 0 N–H and O–H groups in total. The van der Waals surface area contributed by atoms with Gasteiger partial charge in [-0.2, -0.15) is 0 Å². The van der Waals surface area contributed by atoms with Gasteiger partial charge in [-0.1, -0.05) is 0 Å². The summed E-state index contributed by atoms with van der Waals surface area (Å²) in [5.74, 6) is 0. The summed E-state index contributed by atoms with van der Waals surface area (Å²) in [5, 5.41) is 4.41. The SMILES string of the molecule is Cc1ccsc1CN=C=S. The van der Waals surface area contributed by atoms with Crippen LogP contribution in [0.15, 0.2) is 16.4 Å². The number of hydrogen-bond acceptors (Lipinski definition) is 3. The van der Waals surface area contributed by atoms with Crippen molar-refractivity contribution in [1.29, 1.82) is 0 Å². The van der Waals surface area contributed by atoms with Crippen molar-refractivity contribution in [3.63, 3.8) is 0 Å². The van der Waals surface area contributed by atoms with Crippen molar-refractivity contribution in [2.24, 2.45) is 4.99 Å². The maximum atomic E-state index is 4.46. The van der Waals surface area contributed by atoms with Crippen molar-refractivity contribution in [2.75, 3.05) is 0 Å². The first-order valence-corrected chi connectivity index (χ1v) is 4.20. The Balaban J connectivity index is 2.74. The Kier molecular flexibility index (Phi) is 2.75. The average Bonchev–Trinajstić information content (AvgIpc) is 2.31. The summed E-state index contributed by atoms with van der Waals surface area (Å²) in [5.41, 5.74) is 1.29. The van der Waals surface area contributed by atoms with Crippen LogP contribution < -0.4 is 0 Å². The number of rotatable bonds is 2. The van der Waals surface area contributed by atoms with E-state index in [1.807, 2.05) is 0 Å². The minimum Gasteiger partial charge on any atom is -0.227 e. The van der Waals surface area contributed by atoms with Gasteiger partial charge in [0.25, 0.3) is 0 Å². The quantitative estimate of drug-likeness (QED) is 0.490. The third-order valence-electron chi connectivity index (χ3n) is 1.26. The Morgan fingerprint density at radius 2 is 2.60 bits per heavy atom. The lowest BCUT2D eigenvalue weighted by molar-refractivity contribution is 1.10. The second kappa shape index (κ2) is 3.62. The highest BCUT2D eigenvalue weighted by atomic mass is 32.1. The Bertz CT molecular complexity index is 258. The van der Waals surface area contributed by atoms with Crippen molar-refractivity contribution >= 4 is 28.7 Å². The smallest absolute Gasteiger partial charge is 0.0838 e. The molecule has 0 amide bonds. The van der Waals surface area contributed by atoms with Gasteiger partial charge >= 0.3 is 0 Å². The molecule has 0 radical (unpaired) electrons. The number of nitrogens with zero attached hydrogens (tertiary/aromatic N) is 1. The summed E-state index contributed by atoms with van der Waals surface area (Å²) >= 11 is 6.17. The van der Waals surface area contributed by atoms with Crippen LogP contribution in [0, 0.1) is 6.92 Å². The van der Waals surface area contributed by atoms with Crippen molar-refractivity contribution in [3.05, 3.63) is 21.9 Å². The first-order chi connectivity index (χ1) is 4.84. The topological polar surface area (TPSA) is 12.4 Å². The van der Waals surface area contributed by atoms with Gasteiger partial charge in [0, 0.05) is 4.88 Å². The van der Waals surface area contributed by atoms with Gasteiger partial charge in [0.2, 0.25) is 0 Å². The lowest BCUT2D eigenvalue weighted by Gasteiger charge is -1.88. The lowest BCUT2D eigenvalue weighted by Crippen LogP contribution is -1.76. The molecule has 1 rings (SSSR count). The molecule has 1 aromatic heterocycles. The van der Waals surface area contributed by atoms with E-state index >= 15 is 0 Å². The van der Waals surface area contributed by atoms with E-state index in [1.54, 1.807) is 11.3 Å². The van der Waals surface area contributed by atoms with Crippen LogP contribution in [-0.4, -0.2) is 5.16 Å². The average molecular weight is 169 g/mol. The molecule has 0 saturated carbocycles. The first-order valence-electron chi connectivity index (χ1n) is 2.91. The third-order valence-corrected chi connectivity index (χ3v) is 2.39. The minimum atomic E-state index is 0.688. The molecule has 1 heterocycles. The Morgan fingerprint density at radius 3 is 3.10 bits per heavy atom. The molecule has 0 aliphatic rings. The fourth-order valence-corrected chi connectivity index (χ4v) is 1.56. The summed E-state index contributed by atoms with van der Waals surface area (Å²) in [4.78, 5) is 5.13. The monoisotopic (exact) mass is 169 g/mol. The zero-order valence-electron chi connectivity index (χ0n) is 5.63. The standard InChI is InChI=1S/C7H7NS2/c1-6-2-3-10-7(6)4-8-5-9/h2-3H,4H2,1H3. The second-order valence-electron chi connectivity index (χ2n) is 1.93. The zero-order chi connectivity index (χ0) is 7.40. The van der Waals surface area contributed by atoms with Crippen LogP contribution in [0.1, 0.15) is 10.4 Å². The van der Waals surface area contributed by atoms with Crippen LogP contribution in [0.25, 0.3) is 0 Å². The highest BCUT2D eigenvalue weighted by molar-refractivity contribution is 7.78. The number of aliphatic imine (C=N–C) groups is 1. The Morgan fingerprint density at radius 1 is 1.80 bits per heavy atom. The molecule has 0 aliphatic carbocycles. The van der Waals surface area contributed by atoms with Gasteiger partial charge < -0.3 is 0 Å². The van der Waals surface area contributed by atoms with Crippen molar-refractivity contribution in [2.45, 2.75) is 13.5 Å². The largest absolute Gasteiger partial charge is 0.227 e. The number of aryl methyl sites for hydroxylation is 1. The normalized spacial score (nSPS) is 8.90. The third kappa shape index (κ3) is 1.74. The number of isothiocyanates is 1. The first kappa shape index (κ1) is 7.61.